The Morgan fingerprint density at radius 3 is 2.38 bits per heavy atom. The first kappa shape index (κ1) is 18.0. The van der Waals surface area contributed by atoms with Gasteiger partial charge in [-0.15, -0.1) is 0 Å². The van der Waals surface area contributed by atoms with E-state index >= 15 is 0 Å². The van der Waals surface area contributed by atoms with Crippen molar-refractivity contribution < 1.29 is 9.47 Å². The Hall–Kier alpha value is -0.380. The molecule has 0 atom stereocenters. The summed E-state index contributed by atoms with van der Waals surface area (Å²) in [6, 6.07) is 0. The SMILES string of the molecule is CC.CNCC/C=C/COCCOC(C)C. The fourth-order valence-corrected chi connectivity index (χ4v) is 0.908. The Kier molecular flexibility index (Phi) is 19.2. The van der Waals surface area contributed by atoms with Gasteiger partial charge in [-0.05, 0) is 33.9 Å². The highest BCUT2D eigenvalue weighted by Crippen LogP contribution is 1.88. The Bertz CT molecular complexity index is 136. The summed E-state index contributed by atoms with van der Waals surface area (Å²) in [7, 11) is 1.95. The molecule has 0 fully saturated rings. The van der Waals surface area contributed by atoms with Crippen LogP contribution in [0.25, 0.3) is 0 Å². The first-order chi connectivity index (χ1) is 7.77. The first-order valence-electron chi connectivity index (χ1n) is 6.26. The van der Waals surface area contributed by atoms with Crippen molar-refractivity contribution in [3.63, 3.8) is 0 Å². The maximum absolute atomic E-state index is 5.33. The van der Waals surface area contributed by atoms with Gasteiger partial charge < -0.3 is 14.8 Å². The standard InChI is InChI=1S/C11H23NO2.C2H6/c1-11(2)14-10-9-13-8-6-4-5-7-12-3;1-2/h4,6,11-12H,5,7-10H2,1-3H3;1-2H3/b6-4+;. The minimum absolute atomic E-state index is 0.296. The molecule has 0 heterocycles. The first-order valence-corrected chi connectivity index (χ1v) is 6.26. The minimum atomic E-state index is 0.296. The molecule has 98 valence electrons. The van der Waals surface area contributed by atoms with Crippen LogP contribution in [-0.2, 0) is 9.47 Å². The lowest BCUT2D eigenvalue weighted by Crippen LogP contribution is -2.09. The molecule has 0 rings (SSSR count). The molecule has 0 spiro atoms. The van der Waals surface area contributed by atoms with Crippen molar-refractivity contribution in [3.05, 3.63) is 12.2 Å². The van der Waals surface area contributed by atoms with E-state index in [-0.39, 0.29) is 0 Å². The zero-order valence-corrected chi connectivity index (χ0v) is 11.6. The molecule has 3 nitrogen and oxygen atoms in total. The van der Waals surface area contributed by atoms with Gasteiger partial charge in [-0.1, -0.05) is 26.0 Å². The van der Waals surface area contributed by atoms with Crippen molar-refractivity contribution in [2.45, 2.75) is 40.2 Å². The third-order valence-corrected chi connectivity index (χ3v) is 1.62. The summed E-state index contributed by atoms with van der Waals surface area (Å²) in [5, 5.41) is 3.08. The predicted octanol–water partition coefficient (Wildman–Crippen LogP) is 2.62. The molecule has 0 saturated heterocycles. The number of rotatable bonds is 9. The number of hydrogen-bond donors (Lipinski definition) is 1. The van der Waals surface area contributed by atoms with E-state index in [0.717, 1.165) is 13.0 Å². The smallest absolute Gasteiger partial charge is 0.0704 e. The molecule has 0 radical (unpaired) electrons. The third kappa shape index (κ3) is 19.2. The largest absolute Gasteiger partial charge is 0.376 e. The van der Waals surface area contributed by atoms with Gasteiger partial charge in [-0.3, -0.25) is 0 Å². The van der Waals surface area contributed by atoms with Crippen LogP contribution in [0, 0.1) is 0 Å². The van der Waals surface area contributed by atoms with Crippen LogP contribution < -0.4 is 5.32 Å². The summed E-state index contributed by atoms with van der Waals surface area (Å²) in [4.78, 5) is 0. The van der Waals surface area contributed by atoms with E-state index in [2.05, 4.69) is 11.4 Å². The third-order valence-electron chi connectivity index (χ3n) is 1.62. The van der Waals surface area contributed by atoms with E-state index in [1.165, 1.54) is 0 Å². The minimum Gasteiger partial charge on any atom is -0.376 e. The highest BCUT2D eigenvalue weighted by molar-refractivity contribution is 4.81. The van der Waals surface area contributed by atoms with Gasteiger partial charge in [0.05, 0.1) is 25.9 Å². The van der Waals surface area contributed by atoms with Crippen LogP contribution in [0.5, 0.6) is 0 Å². The molecule has 0 aromatic rings. The van der Waals surface area contributed by atoms with Gasteiger partial charge in [0.2, 0.25) is 0 Å². The molecule has 0 aliphatic carbocycles. The molecule has 16 heavy (non-hydrogen) atoms. The van der Waals surface area contributed by atoms with Crippen LogP contribution in [0.4, 0.5) is 0 Å². The summed E-state index contributed by atoms with van der Waals surface area (Å²) in [5.74, 6) is 0. The van der Waals surface area contributed by atoms with Gasteiger partial charge in [-0.25, -0.2) is 0 Å². The highest BCUT2D eigenvalue weighted by Gasteiger charge is 1.91. The Morgan fingerprint density at radius 2 is 1.81 bits per heavy atom. The lowest BCUT2D eigenvalue weighted by atomic mass is 10.4. The molecule has 0 aromatic heterocycles. The summed E-state index contributed by atoms with van der Waals surface area (Å²) in [6.45, 7) is 11.1. The molecule has 3 heteroatoms. The van der Waals surface area contributed by atoms with Crippen molar-refractivity contribution in [3.8, 4) is 0 Å². The summed E-state index contributed by atoms with van der Waals surface area (Å²) < 4.78 is 10.7. The second-order valence-corrected chi connectivity index (χ2v) is 3.36. The Morgan fingerprint density at radius 1 is 1.12 bits per heavy atom. The van der Waals surface area contributed by atoms with Crippen molar-refractivity contribution in [2.75, 3.05) is 33.4 Å². The van der Waals surface area contributed by atoms with Gasteiger partial charge in [0.15, 0.2) is 0 Å². The Labute approximate surface area is 101 Å². The van der Waals surface area contributed by atoms with Gasteiger partial charge in [0.25, 0.3) is 0 Å². The van der Waals surface area contributed by atoms with E-state index < -0.39 is 0 Å². The predicted molar refractivity (Wildman–Crippen MR) is 70.9 cm³/mol. The lowest BCUT2D eigenvalue weighted by Gasteiger charge is -2.06. The zero-order valence-electron chi connectivity index (χ0n) is 11.6. The van der Waals surface area contributed by atoms with Gasteiger partial charge >= 0.3 is 0 Å². The fourth-order valence-electron chi connectivity index (χ4n) is 0.908. The number of ether oxygens (including phenoxy) is 2. The molecule has 0 saturated carbocycles. The summed E-state index contributed by atoms with van der Waals surface area (Å²) in [5.41, 5.74) is 0. The molecule has 1 N–H and O–H groups in total. The fraction of sp³-hybridized carbons (Fsp3) is 0.846. The monoisotopic (exact) mass is 231 g/mol. The molecular formula is C13H29NO2. The average Bonchev–Trinajstić information content (AvgIpc) is 2.29. The number of hydrogen-bond acceptors (Lipinski definition) is 3. The molecule has 0 aliphatic rings. The molecule has 0 amide bonds. The van der Waals surface area contributed by atoms with E-state index in [4.69, 9.17) is 9.47 Å². The normalized spacial score (nSPS) is 10.6. The topological polar surface area (TPSA) is 30.5 Å². The van der Waals surface area contributed by atoms with Gasteiger partial charge in [0.1, 0.15) is 0 Å². The average molecular weight is 231 g/mol. The quantitative estimate of drug-likeness (QED) is 0.489. The van der Waals surface area contributed by atoms with E-state index in [0.29, 0.717) is 25.9 Å². The highest BCUT2D eigenvalue weighted by atomic mass is 16.5. The van der Waals surface area contributed by atoms with Crippen molar-refractivity contribution in [1.29, 1.82) is 0 Å². The molecular weight excluding hydrogens is 202 g/mol. The maximum atomic E-state index is 5.33. The van der Waals surface area contributed by atoms with Crippen LogP contribution >= 0.6 is 0 Å². The van der Waals surface area contributed by atoms with Crippen molar-refractivity contribution >= 4 is 0 Å². The van der Waals surface area contributed by atoms with Crippen LogP contribution in [0.3, 0.4) is 0 Å². The van der Waals surface area contributed by atoms with E-state index in [1.807, 2.05) is 40.8 Å². The van der Waals surface area contributed by atoms with Crippen molar-refractivity contribution in [1.82, 2.24) is 5.32 Å². The molecule has 0 aliphatic heterocycles. The lowest BCUT2D eigenvalue weighted by molar-refractivity contribution is 0.0268. The van der Waals surface area contributed by atoms with Gasteiger partial charge in [-0.2, -0.15) is 0 Å². The van der Waals surface area contributed by atoms with Crippen LogP contribution in [-0.4, -0.2) is 39.5 Å². The molecule has 0 bridgehead atoms. The van der Waals surface area contributed by atoms with Crippen LogP contribution in [0.2, 0.25) is 0 Å². The summed E-state index contributed by atoms with van der Waals surface area (Å²) >= 11 is 0. The second-order valence-electron chi connectivity index (χ2n) is 3.36. The summed E-state index contributed by atoms with van der Waals surface area (Å²) in [6.07, 6.45) is 5.53. The van der Waals surface area contributed by atoms with Gasteiger partial charge in [0, 0.05) is 0 Å². The number of nitrogens with one attached hydrogen (secondary N) is 1. The zero-order chi connectivity index (χ0) is 12.6. The Balaban J connectivity index is 0. The van der Waals surface area contributed by atoms with Crippen LogP contribution in [0.1, 0.15) is 34.1 Å². The maximum Gasteiger partial charge on any atom is 0.0704 e. The molecule has 0 unspecified atom stereocenters. The van der Waals surface area contributed by atoms with Crippen molar-refractivity contribution in [2.24, 2.45) is 0 Å². The van der Waals surface area contributed by atoms with Crippen LogP contribution in [0.15, 0.2) is 12.2 Å². The second kappa shape index (κ2) is 17.0. The van der Waals surface area contributed by atoms with E-state index in [9.17, 15) is 0 Å². The van der Waals surface area contributed by atoms with E-state index in [1.54, 1.807) is 0 Å². The molecule has 0 aromatic carbocycles.